The highest BCUT2D eigenvalue weighted by atomic mass is 35.5. The van der Waals surface area contributed by atoms with Gasteiger partial charge in [-0.2, -0.15) is 0 Å². The number of halogens is 1. The number of anilines is 1. The molecule has 0 heterocycles. The number of hydrogen-bond donors (Lipinski definition) is 1. The quantitative estimate of drug-likeness (QED) is 0.940. The molecule has 0 bridgehead atoms. The van der Waals surface area contributed by atoms with E-state index in [-0.39, 0.29) is 4.90 Å². The molecule has 0 aliphatic heterocycles. The van der Waals surface area contributed by atoms with Gasteiger partial charge in [-0.25, -0.2) is 8.42 Å². The van der Waals surface area contributed by atoms with Gasteiger partial charge in [0.15, 0.2) is 0 Å². The highest BCUT2D eigenvalue weighted by Gasteiger charge is 2.14. The Bertz CT molecular complexity index is 712. The Morgan fingerprint density at radius 1 is 1.10 bits per heavy atom. The van der Waals surface area contributed by atoms with Crippen LogP contribution >= 0.6 is 11.6 Å². The summed E-state index contributed by atoms with van der Waals surface area (Å²) >= 11 is 5.98. The van der Waals surface area contributed by atoms with E-state index in [2.05, 4.69) is 4.72 Å². The van der Waals surface area contributed by atoms with Crippen molar-refractivity contribution < 1.29 is 13.2 Å². The van der Waals surface area contributed by atoms with E-state index in [0.29, 0.717) is 16.5 Å². The van der Waals surface area contributed by atoms with Crippen molar-refractivity contribution in [2.75, 3.05) is 11.8 Å². The van der Waals surface area contributed by atoms with Gasteiger partial charge in [-0.05, 0) is 48.9 Å². The first-order valence-electron chi connectivity index (χ1n) is 5.85. The van der Waals surface area contributed by atoms with Crippen molar-refractivity contribution in [2.24, 2.45) is 0 Å². The summed E-state index contributed by atoms with van der Waals surface area (Å²) in [6.07, 6.45) is 0. The summed E-state index contributed by atoms with van der Waals surface area (Å²) in [6.45, 7) is 1.85. The third kappa shape index (κ3) is 3.23. The third-order valence-electron chi connectivity index (χ3n) is 2.79. The second-order valence-electron chi connectivity index (χ2n) is 4.24. The fraction of sp³-hybridized carbons (Fsp3) is 0.143. The number of sulfonamides is 1. The van der Waals surface area contributed by atoms with Crippen LogP contribution in [0.25, 0.3) is 0 Å². The Kier molecular flexibility index (Phi) is 4.20. The number of nitrogens with one attached hydrogen (secondary N) is 1. The van der Waals surface area contributed by atoms with Gasteiger partial charge in [0.05, 0.1) is 17.7 Å². The standard InChI is InChI=1S/C14H14ClNO3S/c1-10-3-4-11(9-14(10)15)16-20(17,18)13-7-5-12(19-2)6-8-13/h3-9,16H,1-2H3. The molecule has 0 unspecified atom stereocenters. The lowest BCUT2D eigenvalue weighted by atomic mass is 10.2. The largest absolute Gasteiger partial charge is 0.497 e. The smallest absolute Gasteiger partial charge is 0.261 e. The van der Waals surface area contributed by atoms with Gasteiger partial charge in [0.25, 0.3) is 10.0 Å². The Morgan fingerprint density at radius 3 is 2.30 bits per heavy atom. The maximum absolute atomic E-state index is 12.2. The molecule has 1 N–H and O–H groups in total. The number of aryl methyl sites for hydroxylation is 1. The van der Waals surface area contributed by atoms with Crippen LogP contribution in [0.4, 0.5) is 5.69 Å². The Hall–Kier alpha value is -1.72. The fourth-order valence-corrected chi connectivity index (χ4v) is 2.86. The second kappa shape index (κ2) is 5.73. The number of ether oxygens (including phenoxy) is 1. The number of hydrogen-bond acceptors (Lipinski definition) is 3. The van der Waals surface area contributed by atoms with E-state index >= 15 is 0 Å². The maximum Gasteiger partial charge on any atom is 0.261 e. The molecule has 0 radical (unpaired) electrons. The normalized spacial score (nSPS) is 11.2. The molecule has 0 aliphatic carbocycles. The molecule has 0 fully saturated rings. The summed E-state index contributed by atoms with van der Waals surface area (Å²) in [5, 5.41) is 0.514. The highest BCUT2D eigenvalue weighted by Crippen LogP contribution is 2.23. The SMILES string of the molecule is COc1ccc(S(=O)(=O)Nc2ccc(C)c(Cl)c2)cc1. The number of benzene rings is 2. The molecule has 106 valence electrons. The summed E-state index contributed by atoms with van der Waals surface area (Å²) in [4.78, 5) is 0.162. The van der Waals surface area contributed by atoms with Gasteiger partial charge in [0.2, 0.25) is 0 Å². The molecule has 20 heavy (non-hydrogen) atoms. The fourth-order valence-electron chi connectivity index (χ4n) is 1.63. The minimum absolute atomic E-state index is 0.162. The Morgan fingerprint density at radius 2 is 1.75 bits per heavy atom. The molecule has 0 atom stereocenters. The zero-order valence-electron chi connectivity index (χ0n) is 11.1. The summed E-state index contributed by atoms with van der Waals surface area (Å²) < 4.78 is 31.9. The van der Waals surface area contributed by atoms with Crippen LogP contribution in [0.15, 0.2) is 47.4 Å². The van der Waals surface area contributed by atoms with Crippen LogP contribution in [-0.2, 0) is 10.0 Å². The first-order valence-corrected chi connectivity index (χ1v) is 7.71. The summed E-state index contributed by atoms with van der Waals surface area (Å²) in [5.41, 5.74) is 1.32. The molecule has 2 aromatic rings. The minimum Gasteiger partial charge on any atom is -0.497 e. The van der Waals surface area contributed by atoms with Crippen molar-refractivity contribution in [2.45, 2.75) is 11.8 Å². The molecule has 0 spiro atoms. The molecule has 2 aromatic carbocycles. The molecule has 0 saturated heterocycles. The van der Waals surface area contributed by atoms with Gasteiger partial charge < -0.3 is 4.74 Å². The zero-order valence-corrected chi connectivity index (χ0v) is 12.6. The van der Waals surface area contributed by atoms with Gasteiger partial charge in [0.1, 0.15) is 5.75 Å². The predicted molar refractivity (Wildman–Crippen MR) is 80.0 cm³/mol. The second-order valence-corrected chi connectivity index (χ2v) is 6.33. The molecule has 4 nitrogen and oxygen atoms in total. The average Bonchev–Trinajstić information content (AvgIpc) is 2.43. The van der Waals surface area contributed by atoms with Crippen LogP contribution < -0.4 is 9.46 Å². The average molecular weight is 312 g/mol. The topological polar surface area (TPSA) is 55.4 Å². The van der Waals surface area contributed by atoms with E-state index in [1.807, 2.05) is 6.92 Å². The van der Waals surface area contributed by atoms with Crippen LogP contribution in [0.3, 0.4) is 0 Å². The van der Waals surface area contributed by atoms with Crippen LogP contribution in [0.2, 0.25) is 5.02 Å². The molecule has 0 amide bonds. The lowest BCUT2D eigenvalue weighted by molar-refractivity contribution is 0.414. The molecular formula is C14H14ClNO3S. The monoisotopic (exact) mass is 311 g/mol. The van der Waals surface area contributed by atoms with Gasteiger partial charge in [-0.15, -0.1) is 0 Å². The van der Waals surface area contributed by atoms with E-state index in [1.54, 1.807) is 30.3 Å². The van der Waals surface area contributed by atoms with Crippen molar-refractivity contribution >= 4 is 27.3 Å². The van der Waals surface area contributed by atoms with Crippen LogP contribution in [0, 0.1) is 6.92 Å². The van der Waals surface area contributed by atoms with Crippen LogP contribution in [0.5, 0.6) is 5.75 Å². The third-order valence-corrected chi connectivity index (χ3v) is 4.60. The van der Waals surface area contributed by atoms with Crippen molar-refractivity contribution in [3.63, 3.8) is 0 Å². The maximum atomic E-state index is 12.2. The predicted octanol–water partition coefficient (Wildman–Crippen LogP) is 3.46. The van der Waals surface area contributed by atoms with E-state index < -0.39 is 10.0 Å². The first-order chi connectivity index (χ1) is 9.42. The zero-order chi connectivity index (χ0) is 14.8. The van der Waals surface area contributed by atoms with Crippen molar-refractivity contribution in [1.82, 2.24) is 0 Å². The van der Waals surface area contributed by atoms with Gasteiger partial charge in [-0.3, -0.25) is 4.72 Å². The van der Waals surface area contributed by atoms with E-state index in [4.69, 9.17) is 16.3 Å². The number of methoxy groups -OCH3 is 1. The van der Waals surface area contributed by atoms with Gasteiger partial charge in [0, 0.05) is 5.02 Å². The molecule has 2 rings (SSSR count). The van der Waals surface area contributed by atoms with Crippen molar-refractivity contribution in [1.29, 1.82) is 0 Å². The van der Waals surface area contributed by atoms with Gasteiger partial charge >= 0.3 is 0 Å². The summed E-state index contributed by atoms with van der Waals surface area (Å²) in [5.74, 6) is 0.599. The first kappa shape index (κ1) is 14.7. The minimum atomic E-state index is -3.63. The lowest BCUT2D eigenvalue weighted by Crippen LogP contribution is -2.12. The van der Waals surface area contributed by atoms with E-state index in [0.717, 1.165) is 5.56 Å². The molecule has 0 saturated carbocycles. The van der Waals surface area contributed by atoms with Gasteiger partial charge in [-0.1, -0.05) is 17.7 Å². The Balaban J connectivity index is 2.27. The van der Waals surface area contributed by atoms with E-state index in [1.165, 1.54) is 19.2 Å². The summed E-state index contributed by atoms with van der Waals surface area (Å²) in [7, 11) is -2.11. The molecular weight excluding hydrogens is 298 g/mol. The molecule has 6 heteroatoms. The highest BCUT2D eigenvalue weighted by molar-refractivity contribution is 7.92. The van der Waals surface area contributed by atoms with Crippen LogP contribution in [0.1, 0.15) is 5.56 Å². The summed E-state index contributed by atoms with van der Waals surface area (Å²) in [6, 6.07) is 11.2. The van der Waals surface area contributed by atoms with Crippen molar-refractivity contribution in [3.8, 4) is 5.75 Å². The van der Waals surface area contributed by atoms with Crippen LogP contribution in [-0.4, -0.2) is 15.5 Å². The molecule has 0 aliphatic rings. The Labute approximate surface area is 123 Å². The van der Waals surface area contributed by atoms with Crippen molar-refractivity contribution in [3.05, 3.63) is 53.1 Å². The lowest BCUT2D eigenvalue weighted by Gasteiger charge is -2.09. The number of rotatable bonds is 4. The van der Waals surface area contributed by atoms with E-state index in [9.17, 15) is 8.42 Å². The molecule has 0 aromatic heterocycles.